The molecule has 1 unspecified atom stereocenters. The zero-order valence-corrected chi connectivity index (χ0v) is 13.0. The molecule has 0 radical (unpaired) electrons. The van der Waals surface area contributed by atoms with E-state index < -0.39 is 9.84 Å². The van der Waals surface area contributed by atoms with E-state index in [1.165, 1.54) is 6.26 Å². The molecule has 0 spiro atoms. The van der Waals surface area contributed by atoms with E-state index in [2.05, 4.69) is 10.6 Å². The van der Waals surface area contributed by atoms with Crippen LogP contribution in [-0.4, -0.2) is 38.9 Å². The van der Waals surface area contributed by atoms with E-state index >= 15 is 0 Å². The molecule has 0 heterocycles. The molecule has 112 valence electrons. The first kappa shape index (κ1) is 16.5. The van der Waals surface area contributed by atoms with Gasteiger partial charge in [0.05, 0.1) is 5.75 Å². The lowest BCUT2D eigenvalue weighted by Gasteiger charge is -2.15. The van der Waals surface area contributed by atoms with Gasteiger partial charge in [-0.05, 0) is 31.5 Å². The van der Waals surface area contributed by atoms with Crippen LogP contribution in [-0.2, 0) is 9.84 Å². The fourth-order valence-electron chi connectivity index (χ4n) is 1.87. The fourth-order valence-corrected chi connectivity index (χ4v) is 2.86. The molecule has 1 aromatic rings. The smallest absolute Gasteiger partial charge is 0.251 e. The van der Waals surface area contributed by atoms with E-state index in [1.807, 2.05) is 13.0 Å². The van der Waals surface area contributed by atoms with Crippen molar-refractivity contribution in [2.24, 2.45) is 0 Å². The van der Waals surface area contributed by atoms with Crippen LogP contribution in [0.25, 0.3) is 0 Å². The molecule has 2 N–H and O–H groups in total. The third-order valence-electron chi connectivity index (χ3n) is 2.63. The summed E-state index contributed by atoms with van der Waals surface area (Å²) in [4.78, 5) is 11.8. The van der Waals surface area contributed by atoms with E-state index in [1.54, 1.807) is 25.1 Å². The third-order valence-corrected chi connectivity index (χ3v) is 3.73. The molecule has 1 amide bonds. The van der Waals surface area contributed by atoms with Gasteiger partial charge in [-0.2, -0.15) is 0 Å². The molecule has 1 atom stereocenters. The second kappa shape index (κ2) is 7.28. The zero-order valence-electron chi connectivity index (χ0n) is 12.1. The molecule has 6 heteroatoms. The van der Waals surface area contributed by atoms with Crippen molar-refractivity contribution in [3.63, 3.8) is 0 Å². The maximum atomic E-state index is 11.8. The summed E-state index contributed by atoms with van der Waals surface area (Å²) in [6, 6.07) is 6.84. The first-order valence-corrected chi connectivity index (χ1v) is 8.70. The minimum absolute atomic E-state index is 0.0548. The van der Waals surface area contributed by atoms with E-state index in [4.69, 9.17) is 0 Å². The Bertz CT molecular complexity index is 555. The van der Waals surface area contributed by atoms with Gasteiger partial charge in [0, 0.05) is 30.1 Å². The van der Waals surface area contributed by atoms with Gasteiger partial charge in [0.25, 0.3) is 5.91 Å². The summed E-state index contributed by atoms with van der Waals surface area (Å²) < 4.78 is 22.4. The van der Waals surface area contributed by atoms with Crippen LogP contribution in [0.3, 0.4) is 0 Å². The van der Waals surface area contributed by atoms with Crippen molar-refractivity contribution in [3.05, 3.63) is 29.8 Å². The number of anilines is 1. The Balaban J connectivity index is 2.70. The van der Waals surface area contributed by atoms with Gasteiger partial charge in [0.15, 0.2) is 0 Å². The SMILES string of the molecule is CCCNC(=O)c1cccc(NC(C)CS(C)(=O)=O)c1. The molecule has 1 rings (SSSR count). The Kier molecular flexibility index (Phi) is 6.01. The van der Waals surface area contributed by atoms with Crippen LogP contribution in [0.5, 0.6) is 0 Å². The van der Waals surface area contributed by atoms with Crippen LogP contribution in [0.4, 0.5) is 5.69 Å². The predicted molar refractivity (Wildman–Crippen MR) is 81.9 cm³/mol. The summed E-state index contributed by atoms with van der Waals surface area (Å²) in [6.07, 6.45) is 2.09. The third kappa shape index (κ3) is 6.06. The molecule has 0 aliphatic heterocycles. The molecular weight excluding hydrogens is 276 g/mol. The number of amides is 1. The molecule has 1 aromatic carbocycles. The van der Waals surface area contributed by atoms with Crippen LogP contribution in [0.2, 0.25) is 0 Å². The van der Waals surface area contributed by atoms with Gasteiger partial charge < -0.3 is 10.6 Å². The van der Waals surface area contributed by atoms with Crippen LogP contribution in [0.15, 0.2) is 24.3 Å². The maximum absolute atomic E-state index is 11.8. The molecule has 5 nitrogen and oxygen atoms in total. The molecule has 20 heavy (non-hydrogen) atoms. The average Bonchev–Trinajstić information content (AvgIpc) is 2.33. The molecule has 0 aliphatic rings. The maximum Gasteiger partial charge on any atom is 0.251 e. The molecule has 0 aromatic heterocycles. The second-order valence-corrected chi connectivity index (χ2v) is 7.16. The monoisotopic (exact) mass is 298 g/mol. The van der Waals surface area contributed by atoms with Crippen molar-refractivity contribution >= 4 is 21.4 Å². The summed E-state index contributed by atoms with van der Waals surface area (Å²) in [5, 5.41) is 5.90. The first-order chi connectivity index (χ1) is 9.31. The first-order valence-electron chi connectivity index (χ1n) is 6.64. The summed E-state index contributed by atoms with van der Waals surface area (Å²) in [6.45, 7) is 4.43. The highest BCUT2D eigenvalue weighted by Gasteiger charge is 2.11. The summed E-state index contributed by atoms with van der Waals surface area (Å²) in [7, 11) is -3.02. The van der Waals surface area contributed by atoms with Crippen LogP contribution < -0.4 is 10.6 Å². The Labute approximate surface area is 120 Å². The van der Waals surface area contributed by atoms with Crippen molar-refractivity contribution in [1.82, 2.24) is 5.32 Å². The van der Waals surface area contributed by atoms with E-state index in [0.29, 0.717) is 12.1 Å². The van der Waals surface area contributed by atoms with Crippen molar-refractivity contribution in [1.29, 1.82) is 0 Å². The van der Waals surface area contributed by atoms with Crippen LogP contribution in [0, 0.1) is 0 Å². The number of rotatable bonds is 7. The normalized spacial score (nSPS) is 12.8. The van der Waals surface area contributed by atoms with E-state index in [9.17, 15) is 13.2 Å². The van der Waals surface area contributed by atoms with Gasteiger partial charge in [-0.3, -0.25) is 4.79 Å². The Morgan fingerprint density at radius 2 is 2.05 bits per heavy atom. The largest absolute Gasteiger partial charge is 0.382 e. The van der Waals surface area contributed by atoms with Gasteiger partial charge in [0.1, 0.15) is 9.84 Å². The fraction of sp³-hybridized carbons (Fsp3) is 0.500. The molecule has 0 aliphatic carbocycles. The number of sulfone groups is 1. The van der Waals surface area contributed by atoms with Gasteiger partial charge in [-0.15, -0.1) is 0 Å². The summed E-state index contributed by atoms with van der Waals surface area (Å²) in [5.41, 5.74) is 1.31. The van der Waals surface area contributed by atoms with Gasteiger partial charge in [-0.1, -0.05) is 13.0 Å². The van der Waals surface area contributed by atoms with Gasteiger partial charge >= 0.3 is 0 Å². The molecule has 0 fully saturated rings. The highest BCUT2D eigenvalue weighted by Crippen LogP contribution is 2.12. The van der Waals surface area contributed by atoms with Crippen molar-refractivity contribution < 1.29 is 13.2 Å². The second-order valence-electron chi connectivity index (χ2n) is 4.97. The molecule has 0 bridgehead atoms. The summed E-state index contributed by atoms with van der Waals surface area (Å²) >= 11 is 0. The number of benzene rings is 1. The topological polar surface area (TPSA) is 75.3 Å². The number of carbonyl (C=O) groups is 1. The molecular formula is C14H22N2O3S. The number of hydrogen-bond acceptors (Lipinski definition) is 4. The van der Waals surface area contributed by atoms with Crippen molar-refractivity contribution in [3.8, 4) is 0 Å². The number of hydrogen-bond donors (Lipinski definition) is 2. The summed E-state index contributed by atoms with van der Waals surface area (Å²) in [5.74, 6) is -0.0644. The zero-order chi connectivity index (χ0) is 15.2. The minimum Gasteiger partial charge on any atom is -0.382 e. The van der Waals surface area contributed by atoms with Gasteiger partial charge in [-0.25, -0.2) is 8.42 Å². The highest BCUT2D eigenvalue weighted by molar-refractivity contribution is 7.90. The lowest BCUT2D eigenvalue weighted by Crippen LogP contribution is -2.26. The number of carbonyl (C=O) groups excluding carboxylic acids is 1. The van der Waals surface area contributed by atoms with Crippen molar-refractivity contribution in [2.75, 3.05) is 23.9 Å². The predicted octanol–water partition coefficient (Wildman–Crippen LogP) is 1.67. The van der Waals surface area contributed by atoms with Crippen LogP contribution >= 0.6 is 0 Å². The number of nitrogens with one attached hydrogen (secondary N) is 2. The average molecular weight is 298 g/mol. The quantitative estimate of drug-likeness (QED) is 0.803. The standard InChI is InChI=1S/C14H22N2O3S/c1-4-8-15-14(17)12-6-5-7-13(9-12)16-11(2)10-20(3,18)19/h5-7,9,11,16H,4,8,10H2,1-3H3,(H,15,17). The van der Waals surface area contributed by atoms with Gasteiger partial charge in [0.2, 0.25) is 0 Å². The van der Waals surface area contributed by atoms with Crippen LogP contribution in [0.1, 0.15) is 30.6 Å². The highest BCUT2D eigenvalue weighted by atomic mass is 32.2. The Morgan fingerprint density at radius 1 is 1.35 bits per heavy atom. The van der Waals surface area contributed by atoms with E-state index in [-0.39, 0.29) is 17.7 Å². The lowest BCUT2D eigenvalue weighted by atomic mass is 10.1. The van der Waals surface area contributed by atoms with E-state index in [0.717, 1.165) is 12.1 Å². The Hall–Kier alpha value is -1.56. The molecule has 0 saturated carbocycles. The lowest BCUT2D eigenvalue weighted by molar-refractivity contribution is 0.0953. The minimum atomic E-state index is -3.02. The molecule has 0 saturated heterocycles. The van der Waals surface area contributed by atoms with Crippen molar-refractivity contribution in [2.45, 2.75) is 26.3 Å². The Morgan fingerprint density at radius 3 is 2.65 bits per heavy atom.